The van der Waals surface area contributed by atoms with Crippen molar-refractivity contribution in [1.82, 2.24) is 19.7 Å². The molecular weight excluding hydrogens is 264 g/mol. The topological polar surface area (TPSA) is 113 Å². The van der Waals surface area contributed by atoms with Gasteiger partial charge in [0.2, 0.25) is 0 Å². The molecule has 19 heavy (non-hydrogen) atoms. The molecule has 0 bridgehead atoms. The van der Waals surface area contributed by atoms with Crippen molar-refractivity contribution >= 4 is 17.6 Å². The number of amidine groups is 1. The molecule has 0 fully saturated rings. The van der Waals surface area contributed by atoms with Gasteiger partial charge in [0.25, 0.3) is 0 Å². The van der Waals surface area contributed by atoms with Crippen LogP contribution in [0.2, 0.25) is 0 Å². The van der Waals surface area contributed by atoms with E-state index in [1.165, 1.54) is 11.8 Å². The number of pyridine rings is 1. The molecule has 0 unspecified atom stereocenters. The van der Waals surface area contributed by atoms with Crippen LogP contribution in [0.25, 0.3) is 0 Å². The molecule has 2 rings (SSSR count). The van der Waals surface area contributed by atoms with E-state index in [-0.39, 0.29) is 11.5 Å². The number of H-pyrrole nitrogens is 1. The zero-order valence-corrected chi connectivity index (χ0v) is 11.2. The van der Waals surface area contributed by atoms with E-state index in [1.54, 1.807) is 22.9 Å². The number of aromatic amines is 1. The summed E-state index contributed by atoms with van der Waals surface area (Å²) < 4.78 is 1.56. The summed E-state index contributed by atoms with van der Waals surface area (Å²) in [5.74, 6) is -0.108. The second-order valence-electron chi connectivity index (χ2n) is 3.83. The summed E-state index contributed by atoms with van der Waals surface area (Å²) in [6, 6.07) is 3.55. The van der Waals surface area contributed by atoms with Crippen molar-refractivity contribution in [2.75, 3.05) is 0 Å². The highest BCUT2D eigenvalue weighted by atomic mass is 32.2. The Morgan fingerprint density at radius 2 is 2.42 bits per heavy atom. The number of nitrogens with zero attached hydrogens (tertiary/aromatic N) is 3. The Morgan fingerprint density at radius 3 is 3.11 bits per heavy atom. The fourth-order valence-electron chi connectivity index (χ4n) is 1.58. The lowest BCUT2D eigenvalue weighted by Crippen LogP contribution is -2.17. The number of hydrogen-bond acceptors (Lipinski definition) is 5. The predicted molar refractivity (Wildman–Crippen MR) is 72.5 cm³/mol. The van der Waals surface area contributed by atoms with E-state index in [0.29, 0.717) is 22.3 Å². The molecule has 0 aliphatic rings. The molecule has 2 aromatic heterocycles. The molecule has 7 nitrogen and oxygen atoms in total. The van der Waals surface area contributed by atoms with Gasteiger partial charge in [-0.3, -0.25) is 15.0 Å². The molecule has 0 atom stereocenters. The highest BCUT2D eigenvalue weighted by molar-refractivity contribution is 7.99. The van der Waals surface area contributed by atoms with E-state index in [4.69, 9.17) is 11.1 Å². The molecule has 8 heteroatoms. The molecule has 0 radical (unpaired) electrons. The minimum Gasteiger partial charge on any atom is -0.382 e. The summed E-state index contributed by atoms with van der Waals surface area (Å²) >= 11 is 1.27. The first-order chi connectivity index (χ1) is 9.13. The minimum absolute atomic E-state index is 0.108. The third-order valence-corrected chi connectivity index (χ3v) is 3.44. The smallest absolute Gasteiger partial charge is 0.343 e. The fourth-order valence-corrected chi connectivity index (χ4v) is 2.55. The highest BCUT2D eigenvalue weighted by Crippen LogP contribution is 2.27. The molecule has 0 saturated carbocycles. The number of nitrogens with one attached hydrogen (secondary N) is 2. The standard InChI is InChI=1S/C11H14N6OS/c1-2-6-17-10(18)15-16-11(17)19-7-4-3-5-14-8(7)9(12)13/h3-5H,2,6H2,1H3,(H3,12,13)(H,15,18). The Hall–Kier alpha value is -2.09. The predicted octanol–water partition coefficient (Wildman–Crippen LogP) is 0.812. The van der Waals surface area contributed by atoms with Gasteiger partial charge in [0.1, 0.15) is 11.5 Å². The molecular formula is C11H14N6OS. The second-order valence-corrected chi connectivity index (χ2v) is 4.84. The molecule has 2 aromatic rings. The van der Waals surface area contributed by atoms with Crippen molar-refractivity contribution in [3.05, 3.63) is 34.5 Å². The maximum Gasteiger partial charge on any atom is 0.343 e. The van der Waals surface area contributed by atoms with Gasteiger partial charge in [-0.25, -0.2) is 9.89 Å². The molecule has 0 aliphatic carbocycles. The third kappa shape index (κ3) is 2.84. The van der Waals surface area contributed by atoms with Gasteiger partial charge < -0.3 is 5.73 Å². The molecule has 0 saturated heterocycles. The van der Waals surface area contributed by atoms with Gasteiger partial charge in [-0.15, -0.1) is 5.10 Å². The van der Waals surface area contributed by atoms with E-state index in [9.17, 15) is 4.79 Å². The fraction of sp³-hybridized carbons (Fsp3) is 0.273. The highest BCUT2D eigenvalue weighted by Gasteiger charge is 2.13. The Bertz CT molecular complexity index is 647. The van der Waals surface area contributed by atoms with Gasteiger partial charge in [0.05, 0.1) is 0 Å². The van der Waals surface area contributed by atoms with Crippen molar-refractivity contribution in [2.24, 2.45) is 5.73 Å². The van der Waals surface area contributed by atoms with E-state index in [0.717, 1.165) is 6.42 Å². The Morgan fingerprint density at radius 1 is 1.63 bits per heavy atom. The summed E-state index contributed by atoms with van der Waals surface area (Å²) in [6.07, 6.45) is 2.41. The first-order valence-electron chi connectivity index (χ1n) is 5.76. The van der Waals surface area contributed by atoms with Crippen LogP contribution in [0.5, 0.6) is 0 Å². The summed E-state index contributed by atoms with van der Waals surface area (Å²) in [5, 5.41) is 14.4. The van der Waals surface area contributed by atoms with Crippen LogP contribution >= 0.6 is 11.8 Å². The zero-order valence-electron chi connectivity index (χ0n) is 10.4. The van der Waals surface area contributed by atoms with Crippen LogP contribution in [0.3, 0.4) is 0 Å². The van der Waals surface area contributed by atoms with Gasteiger partial charge >= 0.3 is 5.69 Å². The van der Waals surface area contributed by atoms with Crippen LogP contribution in [0.1, 0.15) is 19.0 Å². The molecule has 4 N–H and O–H groups in total. The van der Waals surface area contributed by atoms with Gasteiger partial charge in [0.15, 0.2) is 5.16 Å². The quantitative estimate of drug-likeness (QED) is 0.553. The Labute approximate surface area is 113 Å². The molecule has 0 amide bonds. The largest absolute Gasteiger partial charge is 0.382 e. The lowest BCUT2D eigenvalue weighted by Gasteiger charge is -2.06. The molecule has 0 spiro atoms. The van der Waals surface area contributed by atoms with E-state index in [1.807, 2.05) is 6.92 Å². The zero-order chi connectivity index (χ0) is 13.8. The monoisotopic (exact) mass is 278 g/mol. The van der Waals surface area contributed by atoms with Crippen LogP contribution in [0.4, 0.5) is 0 Å². The van der Waals surface area contributed by atoms with E-state index in [2.05, 4.69) is 15.2 Å². The number of aromatic nitrogens is 4. The maximum absolute atomic E-state index is 11.6. The summed E-state index contributed by atoms with van der Waals surface area (Å²) in [7, 11) is 0. The number of rotatable bonds is 5. The number of hydrogen-bond donors (Lipinski definition) is 3. The average molecular weight is 278 g/mol. The van der Waals surface area contributed by atoms with Crippen molar-refractivity contribution in [3.63, 3.8) is 0 Å². The van der Waals surface area contributed by atoms with E-state index < -0.39 is 0 Å². The lowest BCUT2D eigenvalue weighted by molar-refractivity contribution is 0.604. The van der Waals surface area contributed by atoms with Gasteiger partial charge in [0, 0.05) is 17.6 Å². The maximum atomic E-state index is 11.6. The summed E-state index contributed by atoms with van der Waals surface area (Å²) in [5.41, 5.74) is 5.64. The first kappa shape index (κ1) is 13.3. The second kappa shape index (κ2) is 5.70. The van der Waals surface area contributed by atoms with Crippen molar-refractivity contribution in [2.45, 2.75) is 29.9 Å². The van der Waals surface area contributed by atoms with Crippen LogP contribution in [0, 0.1) is 5.41 Å². The molecule has 0 aliphatic heterocycles. The third-order valence-electron chi connectivity index (χ3n) is 2.40. The first-order valence-corrected chi connectivity index (χ1v) is 6.57. The Balaban J connectivity index is 2.37. The SMILES string of the molecule is CCCn1c(Sc2cccnc2C(=N)N)n[nH]c1=O. The minimum atomic E-state index is -0.238. The molecule has 100 valence electrons. The van der Waals surface area contributed by atoms with Gasteiger partial charge in [-0.05, 0) is 30.3 Å². The molecule has 2 heterocycles. The van der Waals surface area contributed by atoms with Gasteiger partial charge in [-0.1, -0.05) is 6.92 Å². The van der Waals surface area contributed by atoms with Crippen molar-refractivity contribution in [3.8, 4) is 0 Å². The summed E-state index contributed by atoms with van der Waals surface area (Å²) in [4.78, 5) is 16.3. The van der Waals surface area contributed by atoms with Crippen LogP contribution in [-0.4, -0.2) is 25.6 Å². The van der Waals surface area contributed by atoms with Crippen LogP contribution in [0.15, 0.2) is 33.2 Å². The number of nitrogen functional groups attached to an aromatic ring is 1. The summed E-state index contributed by atoms with van der Waals surface area (Å²) in [6.45, 7) is 2.58. The van der Waals surface area contributed by atoms with Gasteiger partial charge in [-0.2, -0.15) is 0 Å². The van der Waals surface area contributed by atoms with Crippen LogP contribution in [-0.2, 0) is 6.54 Å². The van der Waals surface area contributed by atoms with Crippen molar-refractivity contribution < 1.29 is 0 Å². The normalized spacial score (nSPS) is 10.6. The average Bonchev–Trinajstić information content (AvgIpc) is 2.72. The van der Waals surface area contributed by atoms with E-state index >= 15 is 0 Å². The molecule has 0 aromatic carbocycles. The number of nitrogens with two attached hydrogens (primary N) is 1. The van der Waals surface area contributed by atoms with Crippen LogP contribution < -0.4 is 11.4 Å². The Kier molecular flexibility index (Phi) is 4.00. The lowest BCUT2D eigenvalue weighted by atomic mass is 10.3. The van der Waals surface area contributed by atoms with Crippen molar-refractivity contribution in [1.29, 1.82) is 5.41 Å².